The molecule has 23 heavy (non-hydrogen) atoms. The van der Waals surface area contributed by atoms with Gasteiger partial charge in [-0.25, -0.2) is 0 Å². The largest absolute Gasteiger partial charge is 0.307 e. The topological polar surface area (TPSA) is 22.0 Å². The average Bonchev–Trinajstić information content (AvgIpc) is 2.58. The molecule has 0 atom stereocenters. The zero-order chi connectivity index (χ0) is 15.6. The third-order valence-corrected chi connectivity index (χ3v) is 5.12. The summed E-state index contributed by atoms with van der Waals surface area (Å²) in [6.07, 6.45) is 2.09. The molecule has 3 aromatic carbocycles. The van der Waals surface area contributed by atoms with Crippen LogP contribution in [0.2, 0.25) is 0 Å². The van der Waals surface area contributed by atoms with Crippen molar-refractivity contribution in [3.63, 3.8) is 0 Å². The lowest BCUT2D eigenvalue weighted by molar-refractivity contribution is 0.620. The first-order chi connectivity index (χ1) is 11.2. The first kappa shape index (κ1) is 12.9. The molecule has 5 rings (SSSR count). The van der Waals surface area contributed by atoms with Gasteiger partial charge in [0, 0.05) is 17.3 Å². The molecule has 112 valence electrons. The van der Waals surface area contributed by atoms with Gasteiger partial charge in [-0.15, -0.1) is 0 Å². The molecule has 2 heterocycles. The van der Waals surface area contributed by atoms with E-state index in [9.17, 15) is 4.79 Å². The lowest BCUT2D eigenvalue weighted by Gasteiger charge is -2.22. The van der Waals surface area contributed by atoms with Crippen molar-refractivity contribution in [2.24, 2.45) is 0 Å². The van der Waals surface area contributed by atoms with E-state index in [-0.39, 0.29) is 5.56 Å². The third-order valence-electron chi connectivity index (χ3n) is 5.12. The fraction of sp³-hybridized carbons (Fsp3) is 0.190. The molecule has 4 aromatic rings. The lowest BCUT2D eigenvalue weighted by atomic mass is 9.92. The van der Waals surface area contributed by atoms with Gasteiger partial charge in [0.2, 0.25) is 0 Å². The van der Waals surface area contributed by atoms with Gasteiger partial charge in [0.15, 0.2) is 0 Å². The Balaban J connectivity index is 2.21. The quantitative estimate of drug-likeness (QED) is 0.436. The number of aryl methyl sites for hydroxylation is 3. The highest BCUT2D eigenvalue weighted by atomic mass is 16.1. The molecular weight excluding hydrogens is 282 g/mol. The summed E-state index contributed by atoms with van der Waals surface area (Å²) in [6, 6.07) is 17.0. The molecule has 0 amide bonds. The summed E-state index contributed by atoms with van der Waals surface area (Å²) < 4.78 is 2.00. The van der Waals surface area contributed by atoms with Crippen LogP contribution in [0.4, 0.5) is 0 Å². The molecule has 0 radical (unpaired) electrons. The molecule has 1 aliphatic rings. The van der Waals surface area contributed by atoms with Crippen LogP contribution in [0.25, 0.3) is 32.4 Å². The lowest BCUT2D eigenvalue weighted by Crippen LogP contribution is -2.24. The van der Waals surface area contributed by atoms with Crippen molar-refractivity contribution >= 4 is 32.4 Å². The van der Waals surface area contributed by atoms with Crippen LogP contribution < -0.4 is 5.56 Å². The molecule has 2 nitrogen and oxygen atoms in total. The second-order valence-electron chi connectivity index (χ2n) is 6.59. The first-order valence-electron chi connectivity index (χ1n) is 8.21. The summed E-state index contributed by atoms with van der Waals surface area (Å²) >= 11 is 0. The van der Waals surface area contributed by atoms with Crippen LogP contribution in [-0.2, 0) is 13.0 Å². The highest BCUT2D eigenvalue weighted by Gasteiger charge is 2.19. The van der Waals surface area contributed by atoms with Crippen LogP contribution in [0.15, 0.2) is 53.3 Å². The maximum absolute atomic E-state index is 12.9. The summed E-state index contributed by atoms with van der Waals surface area (Å²) in [5.74, 6) is 0. The normalized spacial score (nSPS) is 14.0. The first-order valence-corrected chi connectivity index (χ1v) is 8.21. The molecule has 0 N–H and O–H groups in total. The van der Waals surface area contributed by atoms with Gasteiger partial charge >= 0.3 is 0 Å². The van der Waals surface area contributed by atoms with Crippen molar-refractivity contribution in [2.75, 3.05) is 0 Å². The van der Waals surface area contributed by atoms with E-state index in [1.165, 1.54) is 27.3 Å². The van der Waals surface area contributed by atoms with Crippen molar-refractivity contribution in [1.82, 2.24) is 4.57 Å². The van der Waals surface area contributed by atoms with Crippen LogP contribution >= 0.6 is 0 Å². The van der Waals surface area contributed by atoms with Crippen LogP contribution in [0.1, 0.15) is 17.5 Å². The number of fused-ring (bicyclic) bond motifs is 4. The Labute approximate surface area is 134 Å². The zero-order valence-corrected chi connectivity index (χ0v) is 13.1. The Bertz CT molecular complexity index is 1170. The Morgan fingerprint density at radius 2 is 1.78 bits per heavy atom. The number of rotatable bonds is 0. The van der Waals surface area contributed by atoms with Crippen molar-refractivity contribution < 1.29 is 0 Å². The number of hydrogen-bond donors (Lipinski definition) is 0. The minimum atomic E-state index is 0.154. The number of pyridine rings is 1. The van der Waals surface area contributed by atoms with E-state index >= 15 is 0 Å². The molecule has 0 fully saturated rings. The van der Waals surface area contributed by atoms with E-state index < -0.39 is 0 Å². The van der Waals surface area contributed by atoms with Gasteiger partial charge in [-0.05, 0) is 53.6 Å². The predicted molar refractivity (Wildman–Crippen MR) is 96.3 cm³/mol. The van der Waals surface area contributed by atoms with Crippen molar-refractivity contribution in [3.8, 4) is 0 Å². The number of hydrogen-bond acceptors (Lipinski definition) is 1. The fourth-order valence-electron chi connectivity index (χ4n) is 4.10. The maximum atomic E-state index is 12.9. The summed E-state index contributed by atoms with van der Waals surface area (Å²) in [5.41, 5.74) is 3.87. The van der Waals surface area contributed by atoms with Crippen LogP contribution in [0.5, 0.6) is 0 Å². The molecule has 0 spiro atoms. The van der Waals surface area contributed by atoms with E-state index in [0.29, 0.717) is 0 Å². The van der Waals surface area contributed by atoms with E-state index in [4.69, 9.17) is 0 Å². The van der Waals surface area contributed by atoms with Gasteiger partial charge in [0.05, 0.1) is 5.52 Å². The highest BCUT2D eigenvalue weighted by Crippen LogP contribution is 2.35. The summed E-state index contributed by atoms with van der Waals surface area (Å²) in [5, 5.41) is 5.70. The summed E-state index contributed by atoms with van der Waals surface area (Å²) in [7, 11) is 0. The van der Waals surface area contributed by atoms with E-state index in [2.05, 4.69) is 37.3 Å². The summed E-state index contributed by atoms with van der Waals surface area (Å²) in [4.78, 5) is 12.9. The van der Waals surface area contributed by atoms with Crippen LogP contribution in [-0.4, -0.2) is 4.57 Å². The van der Waals surface area contributed by atoms with Crippen LogP contribution in [0.3, 0.4) is 0 Å². The smallest absolute Gasteiger partial charge is 0.258 e. The molecular formula is C21H17NO. The minimum absolute atomic E-state index is 0.154. The SMILES string of the molecule is Cc1ccc2cc3c4c(c2c1)c1ccccc1c(=O)n4CCC3. The van der Waals surface area contributed by atoms with Gasteiger partial charge < -0.3 is 4.57 Å². The number of benzene rings is 3. The predicted octanol–water partition coefficient (Wildman–Crippen LogP) is 4.56. The Kier molecular flexibility index (Phi) is 2.49. The van der Waals surface area contributed by atoms with Crippen molar-refractivity contribution in [1.29, 1.82) is 0 Å². The molecule has 0 unspecified atom stereocenters. The number of nitrogens with zero attached hydrogens (tertiary/aromatic N) is 1. The van der Waals surface area contributed by atoms with Gasteiger partial charge in [-0.2, -0.15) is 0 Å². The molecule has 2 heteroatoms. The van der Waals surface area contributed by atoms with Gasteiger partial charge in [0.25, 0.3) is 5.56 Å². The molecule has 0 bridgehead atoms. The third kappa shape index (κ3) is 1.66. The second-order valence-corrected chi connectivity index (χ2v) is 6.59. The molecule has 1 aromatic heterocycles. The monoisotopic (exact) mass is 299 g/mol. The van der Waals surface area contributed by atoms with Gasteiger partial charge in [0.1, 0.15) is 0 Å². The Hall–Kier alpha value is -2.61. The number of aromatic nitrogens is 1. The Morgan fingerprint density at radius 3 is 2.65 bits per heavy atom. The molecule has 0 saturated carbocycles. The van der Waals surface area contributed by atoms with Gasteiger partial charge in [-0.1, -0.05) is 42.0 Å². The van der Waals surface area contributed by atoms with Gasteiger partial charge in [-0.3, -0.25) is 4.79 Å². The van der Waals surface area contributed by atoms with Crippen molar-refractivity contribution in [3.05, 3.63) is 70.0 Å². The van der Waals surface area contributed by atoms with Crippen molar-refractivity contribution in [2.45, 2.75) is 26.3 Å². The zero-order valence-electron chi connectivity index (χ0n) is 13.1. The maximum Gasteiger partial charge on any atom is 0.258 e. The molecule has 1 aliphatic heterocycles. The minimum Gasteiger partial charge on any atom is -0.307 e. The van der Waals surface area contributed by atoms with E-state index in [1.807, 2.05) is 22.8 Å². The highest BCUT2D eigenvalue weighted by molar-refractivity contribution is 6.20. The molecule has 0 aliphatic carbocycles. The summed E-state index contributed by atoms with van der Waals surface area (Å²) in [6.45, 7) is 2.95. The average molecular weight is 299 g/mol. The van der Waals surface area contributed by atoms with E-state index in [1.54, 1.807) is 0 Å². The second kappa shape index (κ2) is 4.45. The fourth-order valence-corrected chi connectivity index (χ4v) is 4.10. The Morgan fingerprint density at radius 1 is 0.957 bits per heavy atom. The standard InChI is InChI=1S/C21H17NO/c1-13-8-9-14-12-15-5-4-10-22-20(15)19(18(14)11-13)16-6-2-3-7-17(16)21(22)23/h2-3,6-9,11-12H,4-5,10H2,1H3. The van der Waals surface area contributed by atoms with E-state index in [0.717, 1.165) is 35.7 Å². The van der Waals surface area contributed by atoms with Crippen LogP contribution in [0, 0.1) is 6.92 Å². The molecule has 0 saturated heterocycles.